The van der Waals surface area contributed by atoms with Crippen molar-refractivity contribution in [1.82, 2.24) is 24.5 Å². The second-order valence-electron chi connectivity index (χ2n) is 12.2. The summed E-state index contributed by atoms with van der Waals surface area (Å²) in [5.41, 5.74) is 4.06. The van der Waals surface area contributed by atoms with E-state index in [0.717, 1.165) is 64.4 Å². The van der Waals surface area contributed by atoms with E-state index in [1.807, 2.05) is 31.2 Å². The molecule has 4 aromatic rings. The molecule has 0 amide bonds. The van der Waals surface area contributed by atoms with Gasteiger partial charge in [-0.25, -0.2) is 13.1 Å². The molecule has 2 aromatic carbocycles. The Hall–Kier alpha value is -2.60. The molecule has 0 saturated carbocycles. The quantitative estimate of drug-likeness (QED) is 0.107. The fraction of sp³-hybridized carbons (Fsp3) is 0.417. The molecule has 0 aliphatic carbocycles. The molecule has 1 aliphatic heterocycles. The lowest BCUT2D eigenvalue weighted by atomic mass is 10.1. The first kappa shape index (κ1) is 37.7. The Morgan fingerprint density at radius 2 is 1.67 bits per heavy atom. The molecule has 0 fully saturated rings. The highest BCUT2D eigenvalue weighted by molar-refractivity contribution is 8.03. The summed E-state index contributed by atoms with van der Waals surface area (Å²) < 4.78 is 29.7. The van der Waals surface area contributed by atoms with Crippen molar-refractivity contribution in [3.63, 3.8) is 0 Å². The van der Waals surface area contributed by atoms with E-state index < -0.39 is 10.0 Å². The molecule has 0 spiro atoms. The van der Waals surface area contributed by atoms with Crippen LogP contribution in [0.5, 0.6) is 0 Å². The fourth-order valence-corrected chi connectivity index (χ4v) is 8.71. The fourth-order valence-electron chi connectivity index (χ4n) is 5.71. The van der Waals surface area contributed by atoms with Crippen LogP contribution in [0, 0.1) is 0 Å². The maximum Gasteiger partial charge on any atom is 0.211 e. The van der Waals surface area contributed by atoms with Crippen molar-refractivity contribution in [2.24, 2.45) is 0 Å². The molecule has 8 nitrogen and oxygen atoms in total. The van der Waals surface area contributed by atoms with E-state index in [4.69, 9.17) is 39.9 Å². The summed E-state index contributed by atoms with van der Waals surface area (Å²) in [5, 5.41) is 17.4. The maximum atomic E-state index is 12.6. The summed E-state index contributed by atoms with van der Waals surface area (Å²) >= 11 is 20.9. The van der Waals surface area contributed by atoms with E-state index in [9.17, 15) is 8.42 Å². The zero-order chi connectivity index (χ0) is 35.0. The van der Waals surface area contributed by atoms with Crippen molar-refractivity contribution in [3.05, 3.63) is 85.3 Å². The highest BCUT2D eigenvalue weighted by Gasteiger charge is 2.24. The number of sulfonamides is 1. The minimum Gasteiger partial charge on any atom is -0.335 e. The van der Waals surface area contributed by atoms with Gasteiger partial charge < -0.3 is 4.90 Å². The molecule has 0 saturated heterocycles. The normalized spacial score (nSPS) is 14.9. The van der Waals surface area contributed by atoms with Crippen LogP contribution in [0.3, 0.4) is 0 Å². The van der Waals surface area contributed by atoms with Gasteiger partial charge in [-0.1, -0.05) is 111 Å². The number of thioether (sulfide) groups is 1. The minimum atomic E-state index is -3.38. The summed E-state index contributed by atoms with van der Waals surface area (Å²) in [5.74, 6) is 0.676. The van der Waals surface area contributed by atoms with Crippen LogP contribution >= 0.6 is 46.6 Å². The van der Waals surface area contributed by atoms with Gasteiger partial charge in [-0.15, -0.1) is 10.2 Å². The Morgan fingerprint density at radius 3 is 2.45 bits per heavy atom. The number of unbranched alkanes of at least 4 members (excludes halogenated alkanes) is 6. The van der Waals surface area contributed by atoms with E-state index in [-0.39, 0.29) is 12.3 Å². The smallest absolute Gasteiger partial charge is 0.211 e. The third kappa shape index (κ3) is 9.80. The monoisotopic (exact) mass is 760 g/mol. The van der Waals surface area contributed by atoms with Crippen molar-refractivity contribution in [3.8, 4) is 11.3 Å². The molecule has 49 heavy (non-hydrogen) atoms. The molecule has 0 unspecified atom stereocenters. The van der Waals surface area contributed by atoms with E-state index >= 15 is 0 Å². The van der Waals surface area contributed by atoms with Crippen molar-refractivity contribution in [2.75, 3.05) is 23.7 Å². The number of halogens is 3. The molecule has 262 valence electrons. The lowest BCUT2D eigenvalue weighted by Gasteiger charge is -2.20. The number of hydrogen-bond acceptors (Lipinski definition) is 7. The zero-order valence-electron chi connectivity index (χ0n) is 28.2. The van der Waals surface area contributed by atoms with Crippen LogP contribution in [0.2, 0.25) is 15.1 Å². The number of aromatic nitrogens is 4. The molecule has 1 aliphatic rings. The predicted octanol–water partition coefficient (Wildman–Crippen LogP) is 9.27. The van der Waals surface area contributed by atoms with Crippen LogP contribution in [0.1, 0.15) is 78.0 Å². The Bertz CT molecular complexity index is 1990. The first-order valence-corrected chi connectivity index (χ1v) is 20.5. The van der Waals surface area contributed by atoms with Crippen molar-refractivity contribution < 1.29 is 8.42 Å². The molecule has 3 heterocycles. The van der Waals surface area contributed by atoms with E-state index in [2.05, 4.69) is 51.9 Å². The summed E-state index contributed by atoms with van der Waals surface area (Å²) in [6, 6.07) is 11.4. The van der Waals surface area contributed by atoms with Crippen LogP contribution in [-0.4, -0.2) is 47.1 Å². The van der Waals surface area contributed by atoms with Gasteiger partial charge in [0.1, 0.15) is 5.69 Å². The zero-order valence-corrected chi connectivity index (χ0v) is 32.1. The Kier molecular flexibility index (Phi) is 13.5. The molecule has 13 heteroatoms. The SMILES string of the molecule is CCCCCCCCS(=O)(=O)NCCc1nnc2c(=CC(C)=CC=C3Sc4cc(Cl)ccc4N3CCCC)c(-c3ccc(Cl)cc3Cl)nn12. The average Bonchev–Trinajstić information content (AvgIpc) is 3.73. The van der Waals surface area contributed by atoms with E-state index in [0.29, 0.717) is 45.6 Å². The summed E-state index contributed by atoms with van der Waals surface area (Å²) in [6.07, 6.45) is 14.9. The maximum absolute atomic E-state index is 12.6. The van der Waals surface area contributed by atoms with Crippen molar-refractivity contribution in [1.29, 1.82) is 0 Å². The molecule has 0 radical (unpaired) electrons. The second-order valence-corrected chi connectivity index (χ2v) is 16.5. The van der Waals surface area contributed by atoms with Gasteiger partial charge in [-0.2, -0.15) is 9.61 Å². The Labute approximate surface area is 309 Å². The van der Waals surface area contributed by atoms with Gasteiger partial charge in [0.25, 0.3) is 0 Å². The van der Waals surface area contributed by atoms with Gasteiger partial charge in [-0.05, 0) is 68.3 Å². The molecule has 2 aromatic heterocycles. The van der Waals surface area contributed by atoms with Crippen LogP contribution in [-0.2, 0) is 16.4 Å². The van der Waals surface area contributed by atoms with Gasteiger partial charge in [0, 0.05) is 45.2 Å². The number of nitrogens with one attached hydrogen (secondary N) is 1. The van der Waals surface area contributed by atoms with Crippen molar-refractivity contribution in [2.45, 2.75) is 83.5 Å². The molecule has 5 rings (SSSR count). The van der Waals surface area contributed by atoms with Gasteiger partial charge in [0.2, 0.25) is 10.0 Å². The van der Waals surface area contributed by atoms with Gasteiger partial charge >= 0.3 is 0 Å². The number of rotatable bonds is 17. The first-order chi connectivity index (χ1) is 23.6. The number of benzene rings is 2. The van der Waals surface area contributed by atoms with Gasteiger partial charge in [-0.3, -0.25) is 0 Å². The topological polar surface area (TPSA) is 92.5 Å². The first-order valence-electron chi connectivity index (χ1n) is 16.9. The van der Waals surface area contributed by atoms with Crippen LogP contribution in [0.15, 0.2) is 64.0 Å². The third-order valence-electron chi connectivity index (χ3n) is 8.31. The molecular formula is C36H43Cl3N6O2S2. The lowest BCUT2D eigenvalue weighted by Crippen LogP contribution is -2.28. The van der Waals surface area contributed by atoms with Crippen LogP contribution in [0.4, 0.5) is 5.69 Å². The largest absolute Gasteiger partial charge is 0.335 e. The highest BCUT2D eigenvalue weighted by atomic mass is 35.5. The number of anilines is 1. The van der Waals surface area contributed by atoms with E-state index in [1.165, 1.54) is 18.5 Å². The summed E-state index contributed by atoms with van der Waals surface area (Å²) in [7, 11) is -3.38. The minimum absolute atomic E-state index is 0.123. The molecule has 0 bridgehead atoms. The molecule has 0 atom stereocenters. The molecular weight excluding hydrogens is 719 g/mol. The second kappa shape index (κ2) is 17.6. The van der Waals surface area contributed by atoms with E-state index in [1.54, 1.807) is 28.4 Å². The summed E-state index contributed by atoms with van der Waals surface area (Å²) in [6.45, 7) is 7.52. The third-order valence-corrected chi connectivity index (χ3v) is 11.7. The number of allylic oxidation sites excluding steroid dienone is 3. The van der Waals surface area contributed by atoms with Gasteiger partial charge in [0.05, 0.1) is 21.5 Å². The number of fused-ring (bicyclic) bond motifs is 2. The Morgan fingerprint density at radius 1 is 0.939 bits per heavy atom. The number of nitrogens with zero attached hydrogens (tertiary/aromatic N) is 5. The Balaban J connectivity index is 1.41. The highest BCUT2D eigenvalue weighted by Crippen LogP contribution is 2.47. The standard InChI is InChI=1S/C36H43Cl3N6O2S2/c1-4-6-8-9-10-11-21-49(46,47)40-19-18-33-41-42-36-29(35(43-45(33)36)28-15-13-26(37)23-30(28)39)22-25(3)12-17-34-44(20-7-5-2)31-16-14-27(38)24-32(31)48-34/h12-17,22-24,40H,4-11,18-21H2,1-3H3. The van der Waals surface area contributed by atoms with Crippen LogP contribution in [0.25, 0.3) is 23.0 Å². The molecule has 1 N–H and O–H groups in total. The van der Waals surface area contributed by atoms with Crippen LogP contribution < -0.4 is 14.8 Å². The predicted molar refractivity (Wildman–Crippen MR) is 206 cm³/mol. The van der Waals surface area contributed by atoms with Gasteiger partial charge in [0.15, 0.2) is 11.5 Å². The summed E-state index contributed by atoms with van der Waals surface area (Å²) in [4.78, 5) is 3.49. The average molecular weight is 762 g/mol. The van der Waals surface area contributed by atoms with Crippen molar-refractivity contribution >= 4 is 74.0 Å². The number of hydrogen-bond donors (Lipinski definition) is 1. The lowest BCUT2D eigenvalue weighted by molar-refractivity contribution is 0.570.